The van der Waals surface area contributed by atoms with Gasteiger partial charge in [0.05, 0.1) is 18.8 Å². The van der Waals surface area contributed by atoms with Gasteiger partial charge < -0.3 is 19.0 Å². The van der Waals surface area contributed by atoms with Crippen LogP contribution in [0.25, 0.3) is 10.4 Å². The van der Waals surface area contributed by atoms with Crippen molar-refractivity contribution in [2.45, 2.75) is 31.7 Å². The summed E-state index contributed by atoms with van der Waals surface area (Å²) in [5, 5.41) is 3.55. The van der Waals surface area contributed by atoms with Gasteiger partial charge in [0.25, 0.3) is 5.56 Å². The monoisotopic (exact) mass is 363 g/mol. The molecule has 0 bridgehead atoms. The Balaban J connectivity index is 2.24. The van der Waals surface area contributed by atoms with Crippen LogP contribution in [0, 0.1) is 6.92 Å². The van der Waals surface area contributed by atoms with E-state index in [4.69, 9.17) is 24.6 Å². The Morgan fingerprint density at radius 1 is 1.65 bits per heavy atom. The van der Waals surface area contributed by atoms with E-state index < -0.39 is 36.3 Å². The van der Waals surface area contributed by atoms with Gasteiger partial charge in [0.1, 0.15) is 6.23 Å². The second kappa shape index (κ2) is 6.93. The maximum absolute atomic E-state index is 11.9. The van der Waals surface area contributed by atoms with E-state index in [0.29, 0.717) is 5.56 Å². The molecule has 1 saturated heterocycles. The number of hydrogen-bond acceptors (Lipinski definition) is 6. The molecule has 0 aromatic carbocycles. The number of hydrogen-bond donors (Lipinski definition) is 3. The molecular weight excluding hydrogens is 349 g/mol. The van der Waals surface area contributed by atoms with Crippen molar-refractivity contribution < 1.29 is 19.0 Å². The molecule has 0 amide bonds. The Morgan fingerprint density at radius 3 is 2.96 bits per heavy atom. The largest absolute Gasteiger partial charge is 0.352 e. The molecule has 1 aromatic heterocycles. The molecule has 1 fully saturated rings. The minimum atomic E-state index is -3.88. The van der Waals surface area contributed by atoms with Crippen molar-refractivity contribution in [2.24, 2.45) is 5.11 Å². The van der Waals surface area contributed by atoms with Crippen LogP contribution in [0.1, 0.15) is 18.2 Å². The van der Waals surface area contributed by atoms with E-state index in [0.717, 1.165) is 0 Å². The normalized spacial score (nSPS) is 24.4. The molecule has 1 aliphatic heterocycles. The number of nitrogens with zero attached hydrogens (tertiary/aromatic N) is 4. The summed E-state index contributed by atoms with van der Waals surface area (Å²) in [6, 6.07) is -0.689. The molecule has 11 nitrogen and oxygen atoms in total. The first-order valence-electron chi connectivity index (χ1n) is 6.43. The first-order valence-corrected chi connectivity index (χ1v) is 9.05. The third-order valence-corrected chi connectivity index (χ3v) is 4.07. The summed E-state index contributed by atoms with van der Waals surface area (Å²) in [4.78, 5) is 46.3. The van der Waals surface area contributed by atoms with Gasteiger partial charge in [-0.05, 0) is 24.3 Å². The highest BCUT2D eigenvalue weighted by molar-refractivity contribution is 8.06. The minimum absolute atomic E-state index is 0.156. The molecule has 0 saturated carbocycles. The standard InChI is InChI=1S/C10H14N5O6PS/c1-5-3-15(10(17)12-9(5)16)8-2-6(13-14-11)7(21-8)4-20-22(18,19)23/h3,6-8H,2,4H2,1H3,(H,12,16,17)(H2,18,19,23)/t6-,7+,8+/m0/s1. The summed E-state index contributed by atoms with van der Waals surface area (Å²) in [5.74, 6) is 0. The number of aryl methyl sites for hydroxylation is 1. The van der Waals surface area contributed by atoms with Crippen LogP contribution in [-0.2, 0) is 21.1 Å². The Bertz CT molecular complexity index is 796. The number of aromatic amines is 1. The number of H-pyrrole nitrogens is 1. The highest BCUT2D eigenvalue weighted by atomic mass is 32.5. The average Bonchev–Trinajstić information content (AvgIpc) is 2.83. The lowest BCUT2D eigenvalue weighted by Crippen LogP contribution is -2.33. The Morgan fingerprint density at radius 2 is 2.35 bits per heavy atom. The molecule has 0 spiro atoms. The fraction of sp³-hybridized carbons (Fsp3) is 0.600. The topological polar surface area (TPSA) is 163 Å². The number of nitrogens with one attached hydrogen (secondary N) is 1. The zero-order chi connectivity index (χ0) is 17.2. The van der Waals surface area contributed by atoms with E-state index in [2.05, 4.69) is 26.8 Å². The molecular formula is C10H14N5O6PS. The minimum Gasteiger partial charge on any atom is -0.352 e. The molecule has 13 heteroatoms. The predicted molar refractivity (Wildman–Crippen MR) is 82.2 cm³/mol. The van der Waals surface area contributed by atoms with Gasteiger partial charge >= 0.3 is 12.4 Å². The Kier molecular flexibility index (Phi) is 5.37. The van der Waals surface area contributed by atoms with Crippen molar-refractivity contribution in [3.8, 4) is 0 Å². The van der Waals surface area contributed by atoms with Crippen molar-refractivity contribution in [3.05, 3.63) is 43.0 Å². The summed E-state index contributed by atoms with van der Waals surface area (Å²) in [6.45, 7) is -2.65. The zero-order valence-electron chi connectivity index (χ0n) is 11.9. The van der Waals surface area contributed by atoms with Gasteiger partial charge in [-0.3, -0.25) is 14.3 Å². The summed E-state index contributed by atoms with van der Waals surface area (Å²) in [6.07, 6.45) is -0.109. The fourth-order valence-corrected chi connectivity index (χ4v) is 2.72. The van der Waals surface area contributed by atoms with Gasteiger partial charge in [-0.1, -0.05) is 5.11 Å². The molecule has 0 unspecified atom stereocenters. The van der Waals surface area contributed by atoms with Gasteiger partial charge in [0.2, 0.25) is 0 Å². The van der Waals surface area contributed by atoms with E-state index in [1.54, 1.807) is 0 Å². The highest BCUT2D eigenvalue weighted by Crippen LogP contribution is 2.39. The van der Waals surface area contributed by atoms with Gasteiger partial charge in [0.15, 0.2) is 0 Å². The first kappa shape index (κ1) is 17.8. The maximum atomic E-state index is 11.9. The number of rotatable bonds is 5. The second-order valence-electron chi connectivity index (χ2n) is 4.90. The molecule has 126 valence electrons. The van der Waals surface area contributed by atoms with Gasteiger partial charge in [-0.15, -0.1) is 0 Å². The lowest BCUT2D eigenvalue weighted by molar-refractivity contribution is -0.0243. The van der Waals surface area contributed by atoms with Crippen molar-refractivity contribution in [1.29, 1.82) is 0 Å². The van der Waals surface area contributed by atoms with Crippen LogP contribution in [0.15, 0.2) is 20.9 Å². The van der Waals surface area contributed by atoms with E-state index >= 15 is 0 Å². The Labute approximate surface area is 134 Å². The predicted octanol–water partition coefficient (Wildman–Crippen LogP) is 0.0371. The van der Waals surface area contributed by atoms with Gasteiger partial charge in [0, 0.05) is 23.1 Å². The quantitative estimate of drug-likeness (QED) is 0.288. The average molecular weight is 363 g/mol. The second-order valence-corrected chi connectivity index (χ2v) is 7.57. The number of azide groups is 1. The van der Waals surface area contributed by atoms with E-state index in [-0.39, 0.29) is 13.0 Å². The lowest BCUT2D eigenvalue weighted by Gasteiger charge is -2.18. The summed E-state index contributed by atoms with van der Waals surface area (Å²) in [7, 11) is 0. The molecule has 3 N–H and O–H groups in total. The number of aromatic nitrogens is 2. The summed E-state index contributed by atoms with van der Waals surface area (Å²) >= 11 is 4.34. The molecule has 1 aromatic rings. The van der Waals surface area contributed by atoms with Crippen molar-refractivity contribution in [2.75, 3.05) is 6.61 Å². The number of ether oxygens (including phenoxy) is 1. The van der Waals surface area contributed by atoms with Crippen LogP contribution in [-0.4, -0.2) is 38.1 Å². The maximum Gasteiger partial charge on any atom is 0.330 e. The van der Waals surface area contributed by atoms with Gasteiger partial charge in [-0.25, -0.2) is 4.79 Å². The van der Waals surface area contributed by atoms with Crippen molar-refractivity contribution >= 4 is 18.5 Å². The summed E-state index contributed by atoms with van der Waals surface area (Å²) < 4.78 is 11.5. The molecule has 0 aliphatic carbocycles. The fourth-order valence-electron chi connectivity index (χ4n) is 2.19. The van der Waals surface area contributed by atoms with Crippen LogP contribution in [0.5, 0.6) is 0 Å². The summed E-state index contributed by atoms with van der Waals surface area (Å²) in [5.41, 5.74) is 7.74. The van der Waals surface area contributed by atoms with E-state index in [1.807, 2.05) is 0 Å². The zero-order valence-corrected chi connectivity index (χ0v) is 13.6. The Hall–Kier alpha value is -1.52. The molecule has 1 aliphatic rings. The lowest BCUT2D eigenvalue weighted by atomic mass is 10.1. The van der Waals surface area contributed by atoms with Crippen LogP contribution >= 0.6 is 6.72 Å². The van der Waals surface area contributed by atoms with Crippen LogP contribution in [0.4, 0.5) is 0 Å². The van der Waals surface area contributed by atoms with Crippen LogP contribution in [0.3, 0.4) is 0 Å². The third-order valence-electron chi connectivity index (χ3n) is 3.27. The third kappa shape index (κ3) is 4.49. The molecule has 0 radical (unpaired) electrons. The SMILES string of the molecule is Cc1cn([C@H]2C[C@H](N=[N+]=[N-])[C@@H](COP(O)(O)=S)O2)c(=O)[nH]c1=O. The van der Waals surface area contributed by atoms with Gasteiger partial charge in [-0.2, -0.15) is 0 Å². The van der Waals surface area contributed by atoms with Crippen molar-refractivity contribution in [3.63, 3.8) is 0 Å². The molecule has 2 heterocycles. The van der Waals surface area contributed by atoms with E-state index in [9.17, 15) is 9.59 Å². The van der Waals surface area contributed by atoms with E-state index in [1.165, 1.54) is 17.7 Å². The molecule has 3 atom stereocenters. The van der Waals surface area contributed by atoms with Crippen LogP contribution in [0.2, 0.25) is 0 Å². The molecule has 2 rings (SSSR count). The first-order chi connectivity index (χ1) is 10.7. The highest BCUT2D eigenvalue weighted by Gasteiger charge is 2.37. The van der Waals surface area contributed by atoms with Crippen molar-refractivity contribution in [1.82, 2.24) is 9.55 Å². The smallest absolute Gasteiger partial charge is 0.330 e. The van der Waals surface area contributed by atoms with Crippen LogP contribution < -0.4 is 11.2 Å². The molecule has 23 heavy (non-hydrogen) atoms.